The van der Waals surface area contributed by atoms with Gasteiger partial charge in [0.1, 0.15) is 0 Å². The molecule has 1 aromatic rings. The summed E-state index contributed by atoms with van der Waals surface area (Å²) in [7, 11) is 1.62. The van der Waals surface area contributed by atoms with Crippen LogP contribution in [0.3, 0.4) is 0 Å². The van der Waals surface area contributed by atoms with Crippen LogP contribution in [0.2, 0.25) is 0 Å². The molecule has 0 saturated carbocycles. The van der Waals surface area contributed by atoms with Crippen molar-refractivity contribution in [3.05, 3.63) is 29.3 Å². The number of carbonyl (C=O) groups excluding carboxylic acids is 1. The Hall–Kier alpha value is -1.65. The highest BCUT2D eigenvalue weighted by molar-refractivity contribution is 5.99. The second kappa shape index (κ2) is 4.92. The van der Waals surface area contributed by atoms with E-state index in [0.717, 1.165) is 18.6 Å². The molecule has 0 saturated heterocycles. The zero-order valence-corrected chi connectivity index (χ0v) is 11.1. The lowest BCUT2D eigenvalue weighted by Gasteiger charge is -2.35. The highest BCUT2D eigenvalue weighted by Crippen LogP contribution is 2.23. The van der Waals surface area contributed by atoms with Gasteiger partial charge in [-0.05, 0) is 26.3 Å². The summed E-state index contributed by atoms with van der Waals surface area (Å²) in [5.74, 6) is -2.55. The van der Waals surface area contributed by atoms with Crippen LogP contribution in [0.1, 0.15) is 37.6 Å². The molecular weight excluding hydrogens is 238 g/mol. The van der Waals surface area contributed by atoms with Gasteiger partial charge in [-0.3, -0.25) is 4.79 Å². The van der Waals surface area contributed by atoms with Crippen molar-refractivity contribution in [3.63, 3.8) is 0 Å². The molecule has 0 aromatic heterocycles. The minimum atomic E-state index is -1.07. The number of anilines is 1. The number of rotatable bonds is 3. The first kappa shape index (κ1) is 14.4. The molecule has 0 aliphatic carbocycles. The van der Waals surface area contributed by atoms with E-state index >= 15 is 0 Å². The number of amides is 1. The van der Waals surface area contributed by atoms with Crippen LogP contribution in [0.5, 0.6) is 0 Å². The standard InChI is InChI=1S/C13H18F2N2O/c1-5-13(2,3)17(4)12(18)8-6-9(14)10(15)7-11(8)16/h6-7H,5,16H2,1-4H3. The van der Waals surface area contributed by atoms with E-state index < -0.39 is 17.5 Å². The van der Waals surface area contributed by atoms with E-state index in [2.05, 4.69) is 0 Å². The minimum absolute atomic E-state index is 0.0158. The number of hydrogen-bond donors (Lipinski definition) is 1. The molecule has 0 spiro atoms. The van der Waals surface area contributed by atoms with Crippen LogP contribution in [0.15, 0.2) is 12.1 Å². The summed E-state index contributed by atoms with van der Waals surface area (Å²) in [5.41, 5.74) is 5.11. The fourth-order valence-electron chi connectivity index (χ4n) is 1.44. The SMILES string of the molecule is CCC(C)(C)N(C)C(=O)c1cc(F)c(F)cc1N. The Morgan fingerprint density at radius 3 is 2.33 bits per heavy atom. The molecular formula is C13H18F2N2O. The summed E-state index contributed by atoms with van der Waals surface area (Å²) in [6, 6.07) is 1.67. The second-order valence-electron chi connectivity index (χ2n) is 4.88. The zero-order chi connectivity index (χ0) is 14.1. The molecule has 1 rings (SSSR count). The topological polar surface area (TPSA) is 46.3 Å². The van der Waals surface area contributed by atoms with Gasteiger partial charge in [0.2, 0.25) is 0 Å². The molecule has 2 N–H and O–H groups in total. The summed E-state index contributed by atoms with van der Waals surface area (Å²) in [6.07, 6.45) is 0.735. The van der Waals surface area contributed by atoms with Gasteiger partial charge in [0.15, 0.2) is 11.6 Å². The van der Waals surface area contributed by atoms with Crippen molar-refractivity contribution < 1.29 is 13.6 Å². The Labute approximate surface area is 106 Å². The van der Waals surface area contributed by atoms with Gasteiger partial charge in [-0.2, -0.15) is 0 Å². The molecule has 100 valence electrons. The Morgan fingerprint density at radius 2 is 1.83 bits per heavy atom. The molecule has 3 nitrogen and oxygen atoms in total. The average molecular weight is 256 g/mol. The molecule has 0 radical (unpaired) electrons. The van der Waals surface area contributed by atoms with Crippen molar-refractivity contribution in [1.82, 2.24) is 4.90 Å². The first-order valence-electron chi connectivity index (χ1n) is 5.73. The van der Waals surface area contributed by atoms with Crippen LogP contribution >= 0.6 is 0 Å². The van der Waals surface area contributed by atoms with Gasteiger partial charge in [0.25, 0.3) is 5.91 Å². The first-order chi connectivity index (χ1) is 8.20. The molecule has 0 aliphatic heterocycles. The summed E-state index contributed by atoms with van der Waals surface area (Å²) in [5, 5.41) is 0. The van der Waals surface area contributed by atoms with Crippen LogP contribution in [0, 0.1) is 11.6 Å². The highest BCUT2D eigenvalue weighted by Gasteiger charge is 2.28. The third-order valence-corrected chi connectivity index (χ3v) is 3.40. The first-order valence-corrected chi connectivity index (χ1v) is 5.73. The molecule has 1 amide bonds. The molecule has 0 heterocycles. The largest absolute Gasteiger partial charge is 0.398 e. The zero-order valence-electron chi connectivity index (χ0n) is 11.1. The molecule has 1 aromatic carbocycles. The third-order valence-electron chi connectivity index (χ3n) is 3.40. The maximum Gasteiger partial charge on any atom is 0.256 e. The van der Waals surface area contributed by atoms with Gasteiger partial charge < -0.3 is 10.6 Å². The van der Waals surface area contributed by atoms with Gasteiger partial charge in [-0.25, -0.2) is 8.78 Å². The highest BCUT2D eigenvalue weighted by atomic mass is 19.2. The molecule has 0 aliphatic rings. The number of nitrogen functional groups attached to an aromatic ring is 1. The maximum absolute atomic E-state index is 13.2. The Bertz CT molecular complexity index is 472. The number of nitrogens with zero attached hydrogens (tertiary/aromatic N) is 1. The monoisotopic (exact) mass is 256 g/mol. The van der Waals surface area contributed by atoms with Crippen LogP contribution in [-0.2, 0) is 0 Å². The molecule has 0 fully saturated rings. The molecule has 18 heavy (non-hydrogen) atoms. The van der Waals surface area contributed by atoms with Crippen LogP contribution < -0.4 is 5.73 Å². The summed E-state index contributed by atoms with van der Waals surface area (Å²) in [4.78, 5) is 13.7. The number of halogens is 2. The fourth-order valence-corrected chi connectivity index (χ4v) is 1.44. The average Bonchev–Trinajstić information content (AvgIpc) is 2.32. The summed E-state index contributed by atoms with van der Waals surface area (Å²) < 4.78 is 26.1. The van der Waals surface area contributed by atoms with Crippen LogP contribution in [-0.4, -0.2) is 23.4 Å². The summed E-state index contributed by atoms with van der Waals surface area (Å²) in [6.45, 7) is 5.72. The normalized spacial score (nSPS) is 11.4. The van der Waals surface area contributed by atoms with Gasteiger partial charge in [0, 0.05) is 24.3 Å². The Kier molecular flexibility index (Phi) is 3.94. The van der Waals surface area contributed by atoms with Crippen LogP contribution in [0.25, 0.3) is 0 Å². The van der Waals surface area contributed by atoms with Crippen molar-refractivity contribution in [3.8, 4) is 0 Å². The van der Waals surface area contributed by atoms with E-state index in [9.17, 15) is 13.6 Å². The Balaban J connectivity index is 3.16. The predicted octanol–water partition coefficient (Wildman–Crippen LogP) is 2.81. The third kappa shape index (κ3) is 2.60. The smallest absolute Gasteiger partial charge is 0.256 e. The van der Waals surface area contributed by atoms with E-state index in [4.69, 9.17) is 5.73 Å². The second-order valence-corrected chi connectivity index (χ2v) is 4.88. The van der Waals surface area contributed by atoms with Crippen molar-refractivity contribution in [1.29, 1.82) is 0 Å². The van der Waals surface area contributed by atoms with E-state index in [0.29, 0.717) is 0 Å². The number of benzene rings is 1. The van der Waals surface area contributed by atoms with E-state index in [1.807, 2.05) is 20.8 Å². The number of nitrogens with two attached hydrogens (primary N) is 1. The lowest BCUT2D eigenvalue weighted by molar-refractivity contribution is 0.0621. The maximum atomic E-state index is 13.2. The van der Waals surface area contributed by atoms with Crippen molar-refractivity contribution >= 4 is 11.6 Å². The number of carbonyl (C=O) groups is 1. The van der Waals surface area contributed by atoms with Gasteiger partial charge in [-0.15, -0.1) is 0 Å². The molecule has 0 atom stereocenters. The molecule has 0 bridgehead atoms. The quantitative estimate of drug-likeness (QED) is 0.845. The minimum Gasteiger partial charge on any atom is -0.398 e. The Morgan fingerprint density at radius 1 is 1.33 bits per heavy atom. The van der Waals surface area contributed by atoms with E-state index in [1.165, 1.54) is 4.90 Å². The lowest BCUT2D eigenvalue weighted by Crippen LogP contribution is -2.44. The van der Waals surface area contributed by atoms with E-state index in [1.54, 1.807) is 7.05 Å². The number of hydrogen-bond acceptors (Lipinski definition) is 2. The van der Waals surface area contributed by atoms with Gasteiger partial charge in [0.05, 0.1) is 5.56 Å². The lowest BCUT2D eigenvalue weighted by atomic mass is 9.98. The van der Waals surface area contributed by atoms with Gasteiger partial charge in [-0.1, -0.05) is 6.92 Å². The van der Waals surface area contributed by atoms with Crippen molar-refractivity contribution in [2.45, 2.75) is 32.7 Å². The fraction of sp³-hybridized carbons (Fsp3) is 0.462. The van der Waals surface area contributed by atoms with E-state index in [-0.39, 0.29) is 16.8 Å². The van der Waals surface area contributed by atoms with Crippen molar-refractivity contribution in [2.75, 3.05) is 12.8 Å². The van der Waals surface area contributed by atoms with Crippen molar-refractivity contribution in [2.24, 2.45) is 0 Å². The predicted molar refractivity (Wildman–Crippen MR) is 67.2 cm³/mol. The van der Waals surface area contributed by atoms with Crippen LogP contribution in [0.4, 0.5) is 14.5 Å². The summed E-state index contributed by atoms with van der Waals surface area (Å²) >= 11 is 0. The molecule has 0 unspecified atom stereocenters. The molecule has 5 heteroatoms. The van der Waals surface area contributed by atoms with Gasteiger partial charge >= 0.3 is 0 Å².